The third kappa shape index (κ3) is 2.80. The number of nitro benzene ring substituents is 1. The average Bonchev–Trinajstić information content (AvgIpc) is 2.91. The van der Waals surface area contributed by atoms with Crippen molar-refractivity contribution in [3.63, 3.8) is 0 Å². The highest BCUT2D eigenvalue weighted by molar-refractivity contribution is 6.20. The summed E-state index contributed by atoms with van der Waals surface area (Å²) in [6.07, 6.45) is 2.61. The fourth-order valence-electron chi connectivity index (χ4n) is 7.62. The van der Waals surface area contributed by atoms with E-state index in [-0.39, 0.29) is 29.0 Å². The zero-order chi connectivity index (χ0) is 24.1. The van der Waals surface area contributed by atoms with Gasteiger partial charge in [0.1, 0.15) is 0 Å². The summed E-state index contributed by atoms with van der Waals surface area (Å²) in [6, 6.07) is 3.29. The number of carbonyl (C=O) groups excluding carboxylic acids is 3. The Kier molecular flexibility index (Phi) is 4.33. The molecule has 4 atom stereocenters. The van der Waals surface area contributed by atoms with Crippen LogP contribution in [0.15, 0.2) is 18.2 Å². The third-order valence-electron chi connectivity index (χ3n) is 8.15. The topological polar surface area (TPSA) is 113 Å². The van der Waals surface area contributed by atoms with Gasteiger partial charge in [-0.2, -0.15) is 0 Å². The Morgan fingerprint density at radius 3 is 2.48 bits per heavy atom. The van der Waals surface area contributed by atoms with Gasteiger partial charge in [-0.15, -0.1) is 0 Å². The summed E-state index contributed by atoms with van der Waals surface area (Å²) in [5, 5.41) is 14.0. The number of imide groups is 2. The molecule has 3 heterocycles. The monoisotopic (exact) mass is 454 g/mol. The standard InChI is InChI=1S/C24H30N4O5/c1-13(2)26-20(30)24(19(29)25-21(26)31)9-14-8-15(28(32)33)6-7-17(14)27-16-10-22(3,4)12-23(5,11-16)18(24)27/h6-8,13,16,18H,9-12H2,1-5H3,(H,25,29,31)/t16-,18-,23+,24+/m0/s1. The number of hydrogen-bond acceptors (Lipinski definition) is 6. The smallest absolute Gasteiger partial charge is 0.331 e. The van der Waals surface area contributed by atoms with E-state index >= 15 is 0 Å². The van der Waals surface area contributed by atoms with Crippen LogP contribution >= 0.6 is 0 Å². The van der Waals surface area contributed by atoms with Crippen LogP contribution in [0.1, 0.15) is 59.4 Å². The van der Waals surface area contributed by atoms with Crippen molar-refractivity contribution in [3.05, 3.63) is 33.9 Å². The fraction of sp³-hybridized carbons (Fsp3) is 0.625. The van der Waals surface area contributed by atoms with Crippen molar-refractivity contribution in [2.45, 2.75) is 78.4 Å². The number of barbiturate groups is 1. The lowest BCUT2D eigenvalue weighted by Crippen LogP contribution is -2.74. The van der Waals surface area contributed by atoms with Crippen molar-refractivity contribution < 1.29 is 19.3 Å². The van der Waals surface area contributed by atoms with Crippen molar-refractivity contribution in [2.75, 3.05) is 4.90 Å². The van der Waals surface area contributed by atoms with E-state index < -0.39 is 40.3 Å². The first-order valence-corrected chi connectivity index (χ1v) is 11.6. The van der Waals surface area contributed by atoms with E-state index in [0.29, 0.717) is 5.56 Å². The van der Waals surface area contributed by atoms with Crippen LogP contribution in [0.4, 0.5) is 16.2 Å². The number of non-ortho nitro benzene ring substituents is 1. The minimum Gasteiger partial charge on any atom is -0.363 e. The number of rotatable bonds is 2. The Labute approximate surface area is 192 Å². The molecular weight excluding hydrogens is 424 g/mol. The van der Waals surface area contributed by atoms with Gasteiger partial charge in [0.05, 0.1) is 11.0 Å². The largest absolute Gasteiger partial charge is 0.363 e. The summed E-state index contributed by atoms with van der Waals surface area (Å²) >= 11 is 0. The molecule has 1 spiro atoms. The van der Waals surface area contributed by atoms with Crippen molar-refractivity contribution in [1.82, 2.24) is 10.2 Å². The molecule has 4 amide bonds. The highest BCUT2D eigenvalue weighted by Crippen LogP contribution is 2.64. The zero-order valence-corrected chi connectivity index (χ0v) is 19.7. The van der Waals surface area contributed by atoms with Gasteiger partial charge in [-0.25, -0.2) is 4.79 Å². The highest BCUT2D eigenvalue weighted by Gasteiger charge is 2.71. The number of nitrogens with zero attached hydrogens (tertiary/aromatic N) is 3. The van der Waals surface area contributed by atoms with Gasteiger partial charge in [0.2, 0.25) is 11.8 Å². The Balaban J connectivity index is 1.78. The number of anilines is 1. The van der Waals surface area contributed by atoms with E-state index in [0.717, 1.165) is 29.8 Å². The molecule has 1 N–H and O–H groups in total. The molecule has 0 aromatic heterocycles. The molecule has 1 aromatic carbocycles. The predicted molar refractivity (Wildman–Crippen MR) is 121 cm³/mol. The summed E-state index contributed by atoms with van der Waals surface area (Å²) in [7, 11) is 0. The van der Waals surface area contributed by atoms with Crippen molar-refractivity contribution in [3.8, 4) is 0 Å². The Bertz CT molecular complexity index is 1110. The van der Waals surface area contributed by atoms with Crippen LogP contribution < -0.4 is 10.2 Å². The Morgan fingerprint density at radius 2 is 1.85 bits per heavy atom. The minimum atomic E-state index is -1.52. The zero-order valence-electron chi connectivity index (χ0n) is 19.7. The number of nitrogens with one attached hydrogen (secondary N) is 1. The molecule has 9 nitrogen and oxygen atoms in total. The minimum absolute atomic E-state index is 0.0128. The van der Waals surface area contributed by atoms with Gasteiger partial charge in [-0.3, -0.25) is 29.9 Å². The molecule has 176 valence electrons. The molecule has 9 heteroatoms. The Hall–Kier alpha value is -2.97. The van der Waals surface area contributed by atoms with Gasteiger partial charge < -0.3 is 4.90 Å². The van der Waals surface area contributed by atoms with Crippen LogP contribution in [-0.4, -0.2) is 45.8 Å². The van der Waals surface area contributed by atoms with Crippen molar-refractivity contribution >= 4 is 29.2 Å². The normalized spacial score (nSPS) is 34.4. The second-order valence-corrected chi connectivity index (χ2v) is 11.6. The van der Waals surface area contributed by atoms with Gasteiger partial charge in [0.25, 0.3) is 5.69 Å². The molecule has 4 aliphatic rings. The molecule has 0 radical (unpaired) electrons. The summed E-state index contributed by atoms with van der Waals surface area (Å²) in [4.78, 5) is 54.8. The first-order valence-electron chi connectivity index (χ1n) is 11.6. The molecule has 3 aliphatic heterocycles. The number of fused-ring (bicyclic) bond motifs is 8. The lowest BCUT2D eigenvalue weighted by atomic mass is 9.56. The summed E-state index contributed by atoms with van der Waals surface area (Å²) in [6.45, 7) is 10.1. The first-order chi connectivity index (χ1) is 15.3. The lowest BCUT2D eigenvalue weighted by molar-refractivity contribution is -0.384. The van der Waals surface area contributed by atoms with Crippen LogP contribution in [0.5, 0.6) is 0 Å². The summed E-state index contributed by atoms with van der Waals surface area (Å²) in [5.41, 5.74) is -0.450. The van der Waals surface area contributed by atoms with Gasteiger partial charge in [0, 0.05) is 36.3 Å². The van der Waals surface area contributed by atoms with Gasteiger partial charge in [-0.05, 0) is 55.6 Å². The quantitative estimate of drug-likeness (QED) is 0.416. The number of carbonyl (C=O) groups is 3. The second-order valence-electron chi connectivity index (χ2n) is 11.6. The van der Waals surface area contributed by atoms with Crippen LogP contribution in [0.25, 0.3) is 0 Å². The molecular formula is C24H30N4O5. The molecule has 2 bridgehead atoms. The van der Waals surface area contributed by atoms with E-state index in [1.807, 2.05) is 0 Å². The third-order valence-corrected chi connectivity index (χ3v) is 8.15. The number of benzene rings is 1. The molecule has 5 rings (SSSR count). The molecule has 1 aliphatic carbocycles. The van der Waals surface area contributed by atoms with Crippen LogP contribution in [0.2, 0.25) is 0 Å². The van der Waals surface area contributed by atoms with E-state index in [2.05, 4.69) is 31.0 Å². The van der Waals surface area contributed by atoms with E-state index in [1.165, 1.54) is 12.1 Å². The molecule has 0 unspecified atom stereocenters. The highest BCUT2D eigenvalue weighted by atomic mass is 16.6. The average molecular weight is 455 g/mol. The number of nitro groups is 1. The maximum absolute atomic E-state index is 14.1. The van der Waals surface area contributed by atoms with Crippen LogP contribution in [0, 0.1) is 26.4 Å². The second kappa shape index (κ2) is 6.55. The summed E-state index contributed by atoms with van der Waals surface area (Å²) < 4.78 is 0. The van der Waals surface area contributed by atoms with E-state index in [1.54, 1.807) is 19.9 Å². The van der Waals surface area contributed by atoms with Gasteiger partial charge in [-0.1, -0.05) is 20.8 Å². The van der Waals surface area contributed by atoms with Gasteiger partial charge >= 0.3 is 6.03 Å². The molecule has 1 saturated carbocycles. The maximum atomic E-state index is 14.1. The molecule has 33 heavy (non-hydrogen) atoms. The lowest BCUT2D eigenvalue weighted by Gasteiger charge is -2.54. The SMILES string of the molecule is CC(C)N1C(=O)NC(=O)[C@]2(Cc3cc([N+](=O)[O-])ccc3N3[C@H]4CC(C)(C)C[C@@](C)(C4)[C@H]32)C1=O. The van der Waals surface area contributed by atoms with Crippen LogP contribution in [-0.2, 0) is 16.0 Å². The van der Waals surface area contributed by atoms with Crippen molar-refractivity contribution in [1.29, 1.82) is 0 Å². The predicted octanol–water partition coefficient (Wildman–Crippen LogP) is 3.40. The molecule has 1 aromatic rings. The molecule has 2 saturated heterocycles. The van der Waals surface area contributed by atoms with Crippen LogP contribution in [0.3, 0.4) is 0 Å². The van der Waals surface area contributed by atoms with E-state index in [4.69, 9.17) is 0 Å². The Morgan fingerprint density at radius 1 is 1.15 bits per heavy atom. The van der Waals surface area contributed by atoms with E-state index in [9.17, 15) is 24.5 Å². The molecule has 3 fully saturated rings. The number of amides is 4. The maximum Gasteiger partial charge on any atom is 0.331 e. The number of urea groups is 1. The summed E-state index contributed by atoms with van der Waals surface area (Å²) in [5.74, 6) is -1.09. The van der Waals surface area contributed by atoms with Gasteiger partial charge in [0.15, 0.2) is 5.41 Å². The first kappa shape index (κ1) is 21.9. The van der Waals surface area contributed by atoms with Crippen molar-refractivity contribution in [2.24, 2.45) is 16.2 Å². The number of hydrogen-bond donors (Lipinski definition) is 1. The fourth-order valence-corrected chi connectivity index (χ4v) is 7.62.